The molecule has 0 aliphatic carbocycles. The number of rotatable bonds is 1. The van der Waals surface area contributed by atoms with E-state index < -0.39 is 11.7 Å². The zero-order chi connectivity index (χ0) is 13.3. The lowest BCUT2D eigenvalue weighted by Gasteiger charge is -2.09. The third-order valence-corrected chi connectivity index (χ3v) is 2.54. The summed E-state index contributed by atoms with van der Waals surface area (Å²) in [4.78, 5) is 4.05. The third-order valence-electron chi connectivity index (χ3n) is 2.54. The maximum Gasteiger partial charge on any atom is 0.416 e. The van der Waals surface area contributed by atoms with E-state index in [1.165, 1.54) is 18.2 Å². The molecule has 0 saturated carbocycles. The number of aryl methyl sites for hydroxylation is 1. The van der Waals surface area contributed by atoms with Crippen LogP contribution in [0.4, 0.5) is 13.2 Å². The summed E-state index contributed by atoms with van der Waals surface area (Å²) < 4.78 is 37.7. The Morgan fingerprint density at radius 2 is 1.83 bits per heavy atom. The highest BCUT2D eigenvalue weighted by Crippen LogP contribution is 2.32. The standard InChI is InChI=1S/C13H10F3NO/c1-8-12(18)6-5-11(17-8)9-3-2-4-10(7-9)13(14,15)16/h2-7,18H,1H3. The van der Waals surface area contributed by atoms with Crippen LogP contribution >= 0.6 is 0 Å². The normalized spacial score (nSPS) is 11.6. The fraction of sp³-hybridized carbons (Fsp3) is 0.154. The average molecular weight is 253 g/mol. The van der Waals surface area contributed by atoms with Gasteiger partial charge in [0, 0.05) is 5.56 Å². The predicted molar refractivity (Wildman–Crippen MR) is 61.1 cm³/mol. The van der Waals surface area contributed by atoms with Crippen molar-refractivity contribution in [3.05, 3.63) is 47.7 Å². The molecule has 1 aromatic carbocycles. The van der Waals surface area contributed by atoms with Crippen LogP contribution in [-0.2, 0) is 6.18 Å². The Kier molecular flexibility index (Phi) is 2.98. The van der Waals surface area contributed by atoms with E-state index in [9.17, 15) is 18.3 Å². The van der Waals surface area contributed by atoms with Crippen molar-refractivity contribution in [3.63, 3.8) is 0 Å². The van der Waals surface area contributed by atoms with Gasteiger partial charge in [-0.1, -0.05) is 12.1 Å². The van der Waals surface area contributed by atoms with Crippen molar-refractivity contribution in [2.24, 2.45) is 0 Å². The molecule has 0 radical (unpaired) electrons. The van der Waals surface area contributed by atoms with Gasteiger partial charge in [0.15, 0.2) is 0 Å². The van der Waals surface area contributed by atoms with Gasteiger partial charge in [0.2, 0.25) is 0 Å². The Morgan fingerprint density at radius 3 is 2.44 bits per heavy atom. The SMILES string of the molecule is Cc1nc(-c2cccc(C(F)(F)F)c2)ccc1O. The summed E-state index contributed by atoms with van der Waals surface area (Å²) in [5.74, 6) is 0.0192. The molecule has 2 aromatic rings. The molecule has 2 rings (SSSR count). The van der Waals surface area contributed by atoms with Crippen LogP contribution in [0.25, 0.3) is 11.3 Å². The second kappa shape index (κ2) is 4.33. The molecule has 94 valence electrons. The molecular weight excluding hydrogens is 243 g/mol. The first-order chi connectivity index (χ1) is 8.38. The maximum atomic E-state index is 12.6. The number of hydrogen-bond donors (Lipinski definition) is 1. The lowest BCUT2D eigenvalue weighted by molar-refractivity contribution is -0.137. The highest BCUT2D eigenvalue weighted by atomic mass is 19.4. The van der Waals surface area contributed by atoms with E-state index in [0.29, 0.717) is 17.0 Å². The van der Waals surface area contributed by atoms with Crippen molar-refractivity contribution in [2.45, 2.75) is 13.1 Å². The van der Waals surface area contributed by atoms with Gasteiger partial charge < -0.3 is 5.11 Å². The molecule has 1 heterocycles. The van der Waals surface area contributed by atoms with E-state index in [2.05, 4.69) is 4.98 Å². The highest BCUT2D eigenvalue weighted by molar-refractivity contribution is 5.61. The fourth-order valence-electron chi connectivity index (χ4n) is 1.57. The van der Waals surface area contributed by atoms with Crippen molar-refractivity contribution in [2.75, 3.05) is 0 Å². The third kappa shape index (κ3) is 2.45. The fourth-order valence-corrected chi connectivity index (χ4v) is 1.57. The van der Waals surface area contributed by atoms with Gasteiger partial charge in [0.1, 0.15) is 5.75 Å². The number of alkyl halides is 3. The van der Waals surface area contributed by atoms with Gasteiger partial charge in [-0.25, -0.2) is 4.98 Å². The first-order valence-electron chi connectivity index (χ1n) is 5.22. The number of halogens is 3. The minimum Gasteiger partial charge on any atom is -0.506 e. The van der Waals surface area contributed by atoms with Crippen LogP contribution in [0.5, 0.6) is 5.75 Å². The zero-order valence-corrected chi connectivity index (χ0v) is 9.49. The summed E-state index contributed by atoms with van der Waals surface area (Å²) in [6, 6.07) is 7.83. The second-order valence-electron chi connectivity index (χ2n) is 3.88. The van der Waals surface area contributed by atoms with Gasteiger partial charge in [0.05, 0.1) is 17.0 Å². The molecule has 0 amide bonds. The van der Waals surface area contributed by atoms with Crippen LogP contribution in [0, 0.1) is 6.92 Å². The predicted octanol–water partition coefficient (Wildman–Crippen LogP) is 3.78. The molecule has 0 spiro atoms. The minimum absolute atomic E-state index is 0.0192. The quantitative estimate of drug-likeness (QED) is 0.838. The van der Waals surface area contributed by atoms with Crippen LogP contribution in [0.15, 0.2) is 36.4 Å². The van der Waals surface area contributed by atoms with Crippen molar-refractivity contribution >= 4 is 0 Å². The second-order valence-corrected chi connectivity index (χ2v) is 3.88. The summed E-state index contributed by atoms with van der Waals surface area (Å²) in [6.45, 7) is 1.59. The number of aromatic nitrogens is 1. The van der Waals surface area contributed by atoms with Gasteiger partial charge in [-0.05, 0) is 31.2 Å². The van der Waals surface area contributed by atoms with E-state index in [0.717, 1.165) is 12.1 Å². The van der Waals surface area contributed by atoms with Crippen LogP contribution < -0.4 is 0 Å². The topological polar surface area (TPSA) is 33.1 Å². The average Bonchev–Trinajstić information content (AvgIpc) is 2.32. The molecule has 18 heavy (non-hydrogen) atoms. The molecule has 0 unspecified atom stereocenters. The van der Waals surface area contributed by atoms with Gasteiger partial charge in [-0.15, -0.1) is 0 Å². The monoisotopic (exact) mass is 253 g/mol. The van der Waals surface area contributed by atoms with E-state index >= 15 is 0 Å². The van der Waals surface area contributed by atoms with E-state index in [1.807, 2.05) is 0 Å². The number of benzene rings is 1. The molecule has 1 N–H and O–H groups in total. The number of aromatic hydroxyl groups is 1. The molecule has 0 bridgehead atoms. The van der Waals surface area contributed by atoms with Gasteiger partial charge in [-0.3, -0.25) is 0 Å². The summed E-state index contributed by atoms with van der Waals surface area (Å²) in [5, 5.41) is 9.33. The Hall–Kier alpha value is -2.04. The largest absolute Gasteiger partial charge is 0.506 e. The minimum atomic E-state index is -4.37. The molecule has 0 fully saturated rings. The van der Waals surface area contributed by atoms with Crippen molar-refractivity contribution < 1.29 is 18.3 Å². The summed E-state index contributed by atoms with van der Waals surface area (Å²) >= 11 is 0. The maximum absolute atomic E-state index is 12.6. The first kappa shape index (κ1) is 12.4. The molecule has 0 saturated heterocycles. The van der Waals surface area contributed by atoms with Crippen molar-refractivity contribution in [3.8, 4) is 17.0 Å². The molecule has 0 atom stereocenters. The van der Waals surface area contributed by atoms with Crippen LogP contribution in [-0.4, -0.2) is 10.1 Å². The lowest BCUT2D eigenvalue weighted by Crippen LogP contribution is -2.04. The van der Waals surface area contributed by atoms with Gasteiger partial charge in [-0.2, -0.15) is 13.2 Å². The van der Waals surface area contributed by atoms with E-state index in [4.69, 9.17) is 0 Å². The molecule has 1 aromatic heterocycles. The Bertz CT molecular complexity index is 579. The molecule has 5 heteroatoms. The molecular formula is C13H10F3NO. The van der Waals surface area contributed by atoms with E-state index in [-0.39, 0.29) is 5.75 Å². The first-order valence-corrected chi connectivity index (χ1v) is 5.22. The van der Waals surface area contributed by atoms with Crippen LogP contribution in [0.3, 0.4) is 0 Å². The molecule has 2 nitrogen and oxygen atoms in total. The summed E-state index contributed by atoms with van der Waals surface area (Å²) in [6.07, 6.45) is -4.37. The van der Waals surface area contributed by atoms with Crippen LogP contribution in [0.2, 0.25) is 0 Å². The molecule has 0 aliphatic heterocycles. The molecule has 0 aliphatic rings. The number of nitrogens with zero attached hydrogens (tertiary/aromatic N) is 1. The van der Waals surface area contributed by atoms with Crippen molar-refractivity contribution in [1.29, 1.82) is 0 Å². The smallest absolute Gasteiger partial charge is 0.416 e. The lowest BCUT2D eigenvalue weighted by atomic mass is 10.1. The zero-order valence-electron chi connectivity index (χ0n) is 9.49. The Labute approximate surface area is 102 Å². The van der Waals surface area contributed by atoms with Gasteiger partial charge in [0.25, 0.3) is 0 Å². The summed E-state index contributed by atoms with van der Waals surface area (Å²) in [5.41, 5.74) is 0.432. The van der Waals surface area contributed by atoms with E-state index in [1.54, 1.807) is 13.0 Å². The Morgan fingerprint density at radius 1 is 1.11 bits per heavy atom. The summed E-state index contributed by atoms with van der Waals surface area (Å²) in [7, 11) is 0. The Balaban J connectivity index is 2.48. The van der Waals surface area contributed by atoms with Crippen molar-refractivity contribution in [1.82, 2.24) is 4.98 Å². The number of pyridine rings is 1. The number of hydrogen-bond acceptors (Lipinski definition) is 2. The van der Waals surface area contributed by atoms with Crippen LogP contribution in [0.1, 0.15) is 11.3 Å². The van der Waals surface area contributed by atoms with Gasteiger partial charge >= 0.3 is 6.18 Å². The highest BCUT2D eigenvalue weighted by Gasteiger charge is 2.30.